The maximum Gasteiger partial charge on any atom is 0.319 e. The average Bonchev–Trinajstić information content (AvgIpc) is 2.53. The standard InChI is InChI=1S/C19H22F2N2O2/c1-12(2)14-6-4-5-7-17(14)23-18(24)22-11-19(3,25)15-9-8-13(20)10-16(15)21/h4-10,12,25H,11H2,1-3H3,(H2,22,23,24). The van der Waals surface area contributed by atoms with Crippen LogP contribution in [0.3, 0.4) is 0 Å². The molecule has 1 unspecified atom stereocenters. The summed E-state index contributed by atoms with van der Waals surface area (Å²) in [7, 11) is 0. The fraction of sp³-hybridized carbons (Fsp3) is 0.316. The molecule has 2 rings (SSSR count). The van der Waals surface area contributed by atoms with Crippen LogP contribution in [-0.4, -0.2) is 17.7 Å². The molecular weight excluding hydrogens is 326 g/mol. The average molecular weight is 348 g/mol. The Morgan fingerprint density at radius 3 is 2.52 bits per heavy atom. The topological polar surface area (TPSA) is 61.4 Å². The van der Waals surface area contributed by atoms with Gasteiger partial charge in [0.2, 0.25) is 0 Å². The number of carbonyl (C=O) groups is 1. The highest BCUT2D eigenvalue weighted by Crippen LogP contribution is 2.25. The molecule has 4 nitrogen and oxygen atoms in total. The molecule has 0 aliphatic rings. The Bertz CT molecular complexity index is 761. The Kier molecular flexibility index (Phi) is 5.74. The molecule has 134 valence electrons. The molecule has 3 N–H and O–H groups in total. The van der Waals surface area contributed by atoms with E-state index in [9.17, 15) is 18.7 Å². The van der Waals surface area contributed by atoms with Crippen LogP contribution in [0.5, 0.6) is 0 Å². The monoisotopic (exact) mass is 348 g/mol. The molecule has 2 amide bonds. The predicted octanol–water partition coefficient (Wildman–Crippen LogP) is 4.12. The Morgan fingerprint density at radius 2 is 1.88 bits per heavy atom. The van der Waals surface area contributed by atoms with Crippen LogP contribution in [0.4, 0.5) is 19.3 Å². The van der Waals surface area contributed by atoms with Crippen molar-refractivity contribution >= 4 is 11.7 Å². The van der Waals surface area contributed by atoms with E-state index in [0.717, 1.165) is 17.7 Å². The zero-order chi connectivity index (χ0) is 18.6. The smallest absolute Gasteiger partial charge is 0.319 e. The van der Waals surface area contributed by atoms with E-state index in [0.29, 0.717) is 11.8 Å². The molecule has 0 aliphatic carbocycles. The molecule has 2 aromatic rings. The number of urea groups is 1. The van der Waals surface area contributed by atoms with Gasteiger partial charge in [0.05, 0.1) is 6.54 Å². The number of hydrogen-bond acceptors (Lipinski definition) is 2. The van der Waals surface area contributed by atoms with Crippen LogP contribution in [0.15, 0.2) is 42.5 Å². The summed E-state index contributed by atoms with van der Waals surface area (Å²) < 4.78 is 26.8. The molecule has 25 heavy (non-hydrogen) atoms. The summed E-state index contributed by atoms with van der Waals surface area (Å²) >= 11 is 0. The number of rotatable bonds is 5. The molecular formula is C19H22F2N2O2. The summed E-state index contributed by atoms with van der Waals surface area (Å²) in [6, 6.07) is 9.81. The second kappa shape index (κ2) is 7.61. The van der Waals surface area contributed by atoms with Crippen molar-refractivity contribution in [2.24, 2.45) is 0 Å². The Balaban J connectivity index is 2.04. The van der Waals surface area contributed by atoms with Crippen molar-refractivity contribution in [3.05, 3.63) is 65.2 Å². The van der Waals surface area contributed by atoms with Crippen LogP contribution in [0.25, 0.3) is 0 Å². The van der Waals surface area contributed by atoms with Gasteiger partial charge in [-0.3, -0.25) is 0 Å². The third-order valence-corrected chi connectivity index (χ3v) is 3.94. The quantitative estimate of drug-likeness (QED) is 0.761. The third kappa shape index (κ3) is 4.76. The van der Waals surface area contributed by atoms with Gasteiger partial charge in [-0.25, -0.2) is 13.6 Å². The first-order valence-corrected chi connectivity index (χ1v) is 8.02. The van der Waals surface area contributed by atoms with Crippen molar-refractivity contribution in [1.29, 1.82) is 0 Å². The molecule has 0 saturated carbocycles. The second-order valence-electron chi connectivity index (χ2n) is 6.45. The lowest BCUT2D eigenvalue weighted by Crippen LogP contribution is -2.41. The van der Waals surface area contributed by atoms with Gasteiger partial charge in [-0.15, -0.1) is 0 Å². The van der Waals surface area contributed by atoms with E-state index < -0.39 is 23.3 Å². The SMILES string of the molecule is CC(C)c1ccccc1NC(=O)NCC(C)(O)c1ccc(F)cc1F. The van der Waals surface area contributed by atoms with E-state index in [-0.39, 0.29) is 18.0 Å². The molecule has 0 heterocycles. The maximum atomic E-state index is 13.8. The van der Waals surface area contributed by atoms with E-state index >= 15 is 0 Å². The maximum absolute atomic E-state index is 13.8. The number of carbonyl (C=O) groups excluding carboxylic acids is 1. The highest BCUT2D eigenvalue weighted by atomic mass is 19.1. The molecule has 0 saturated heterocycles. The number of benzene rings is 2. The van der Waals surface area contributed by atoms with Crippen molar-refractivity contribution in [2.75, 3.05) is 11.9 Å². The summed E-state index contributed by atoms with van der Waals surface area (Å²) in [4.78, 5) is 12.1. The molecule has 2 aromatic carbocycles. The van der Waals surface area contributed by atoms with E-state index in [2.05, 4.69) is 10.6 Å². The molecule has 0 spiro atoms. The van der Waals surface area contributed by atoms with Crippen molar-refractivity contribution < 1.29 is 18.7 Å². The Hall–Kier alpha value is -2.47. The molecule has 6 heteroatoms. The van der Waals surface area contributed by atoms with Crippen LogP contribution in [0.1, 0.15) is 37.8 Å². The lowest BCUT2D eigenvalue weighted by molar-refractivity contribution is 0.0561. The van der Waals surface area contributed by atoms with Gasteiger partial charge in [0, 0.05) is 17.3 Å². The van der Waals surface area contributed by atoms with Gasteiger partial charge in [0.25, 0.3) is 0 Å². The lowest BCUT2D eigenvalue weighted by Gasteiger charge is -2.25. The molecule has 0 bridgehead atoms. The number of nitrogens with one attached hydrogen (secondary N) is 2. The zero-order valence-corrected chi connectivity index (χ0v) is 14.4. The third-order valence-electron chi connectivity index (χ3n) is 3.94. The largest absolute Gasteiger partial charge is 0.383 e. The van der Waals surface area contributed by atoms with Gasteiger partial charge < -0.3 is 15.7 Å². The summed E-state index contributed by atoms with van der Waals surface area (Å²) in [6.45, 7) is 5.15. The number of amides is 2. The predicted molar refractivity (Wildman–Crippen MR) is 93.5 cm³/mol. The number of halogens is 2. The molecule has 1 atom stereocenters. The van der Waals surface area contributed by atoms with Crippen molar-refractivity contribution in [2.45, 2.75) is 32.3 Å². The van der Waals surface area contributed by atoms with Gasteiger partial charge >= 0.3 is 6.03 Å². The summed E-state index contributed by atoms with van der Waals surface area (Å²) in [6.07, 6.45) is 0. The van der Waals surface area contributed by atoms with Crippen LogP contribution in [0, 0.1) is 11.6 Å². The first-order valence-electron chi connectivity index (χ1n) is 8.02. The molecule has 0 aromatic heterocycles. The van der Waals surface area contributed by atoms with Gasteiger partial charge in [0.15, 0.2) is 0 Å². The molecule has 0 aliphatic heterocycles. The van der Waals surface area contributed by atoms with Crippen LogP contribution >= 0.6 is 0 Å². The highest BCUT2D eigenvalue weighted by molar-refractivity contribution is 5.90. The van der Waals surface area contributed by atoms with Gasteiger partial charge in [-0.2, -0.15) is 0 Å². The number of anilines is 1. The van der Waals surface area contributed by atoms with Crippen LogP contribution in [-0.2, 0) is 5.60 Å². The van der Waals surface area contributed by atoms with Crippen LogP contribution in [0.2, 0.25) is 0 Å². The van der Waals surface area contributed by atoms with Gasteiger partial charge in [-0.1, -0.05) is 38.1 Å². The fourth-order valence-electron chi connectivity index (χ4n) is 2.55. The summed E-state index contributed by atoms with van der Waals surface area (Å²) in [5.74, 6) is -1.36. The first-order chi connectivity index (χ1) is 11.7. The minimum Gasteiger partial charge on any atom is -0.383 e. The zero-order valence-electron chi connectivity index (χ0n) is 14.4. The van der Waals surface area contributed by atoms with E-state index in [1.165, 1.54) is 6.92 Å². The normalized spacial score (nSPS) is 13.4. The van der Waals surface area contributed by atoms with Gasteiger partial charge in [0.1, 0.15) is 17.2 Å². The van der Waals surface area contributed by atoms with Crippen molar-refractivity contribution in [1.82, 2.24) is 5.32 Å². The first kappa shape index (κ1) is 18.9. The lowest BCUT2D eigenvalue weighted by atomic mass is 9.95. The second-order valence-corrected chi connectivity index (χ2v) is 6.45. The fourth-order valence-corrected chi connectivity index (χ4v) is 2.55. The minimum absolute atomic E-state index is 0.0863. The minimum atomic E-state index is -1.67. The number of aliphatic hydroxyl groups is 1. The van der Waals surface area contributed by atoms with Gasteiger partial charge in [-0.05, 0) is 30.5 Å². The number of para-hydroxylation sites is 1. The Morgan fingerprint density at radius 1 is 1.20 bits per heavy atom. The van der Waals surface area contributed by atoms with Crippen LogP contribution < -0.4 is 10.6 Å². The molecule has 0 fully saturated rings. The molecule has 0 radical (unpaired) electrons. The van der Waals surface area contributed by atoms with Crippen molar-refractivity contribution in [3.63, 3.8) is 0 Å². The highest BCUT2D eigenvalue weighted by Gasteiger charge is 2.27. The van der Waals surface area contributed by atoms with E-state index in [1.54, 1.807) is 6.07 Å². The summed E-state index contributed by atoms with van der Waals surface area (Å²) in [5.41, 5.74) is -0.111. The Labute approximate surface area is 145 Å². The van der Waals surface area contributed by atoms with Crippen molar-refractivity contribution in [3.8, 4) is 0 Å². The van der Waals surface area contributed by atoms with E-state index in [4.69, 9.17) is 0 Å². The number of hydrogen-bond donors (Lipinski definition) is 3. The summed E-state index contributed by atoms with van der Waals surface area (Å²) in [5, 5.41) is 15.7. The van der Waals surface area contributed by atoms with E-state index in [1.807, 2.05) is 32.0 Å².